The first-order chi connectivity index (χ1) is 10.7. The van der Waals surface area contributed by atoms with Crippen LogP contribution in [0.3, 0.4) is 0 Å². The molecule has 0 radical (unpaired) electrons. The molecule has 3 heteroatoms. The van der Waals surface area contributed by atoms with Crippen molar-refractivity contribution in [1.82, 2.24) is 0 Å². The van der Waals surface area contributed by atoms with Gasteiger partial charge in [-0.25, -0.2) is 4.79 Å². The van der Waals surface area contributed by atoms with E-state index in [1.165, 1.54) is 31.2 Å². The van der Waals surface area contributed by atoms with E-state index < -0.39 is 5.97 Å². The van der Waals surface area contributed by atoms with Crippen LogP contribution in [-0.2, 0) is 4.74 Å². The molecule has 0 amide bonds. The van der Waals surface area contributed by atoms with E-state index in [0.29, 0.717) is 17.6 Å². The predicted molar refractivity (Wildman–Crippen MR) is 88.5 cm³/mol. The van der Waals surface area contributed by atoms with Gasteiger partial charge in [-0.2, -0.15) is 0 Å². The first-order valence-corrected chi connectivity index (χ1v) is 8.65. The Hall–Kier alpha value is -1.35. The lowest BCUT2D eigenvalue weighted by atomic mass is 9.82. The van der Waals surface area contributed by atoms with Crippen LogP contribution in [0.1, 0.15) is 80.1 Å². The van der Waals surface area contributed by atoms with Gasteiger partial charge in [0.25, 0.3) is 0 Å². The van der Waals surface area contributed by atoms with E-state index in [1.807, 2.05) is 12.1 Å². The van der Waals surface area contributed by atoms with Gasteiger partial charge in [0.2, 0.25) is 0 Å². The molecular formula is C19H28O3. The standard InChI is InChI=1S/C19H28O3/c1-2-3-4-5-14-22-18-12-10-16(11-13-18)15-6-8-17(9-7-15)19(20)21/h6-9,16,18H,2-5,10-14H2,1H3,(H,20,21). The highest BCUT2D eigenvalue weighted by atomic mass is 16.5. The lowest BCUT2D eigenvalue weighted by molar-refractivity contribution is 0.0226. The second-order valence-electron chi connectivity index (χ2n) is 6.33. The van der Waals surface area contributed by atoms with Crippen molar-refractivity contribution in [3.05, 3.63) is 35.4 Å². The molecule has 2 rings (SSSR count). The topological polar surface area (TPSA) is 46.5 Å². The third-order valence-corrected chi connectivity index (χ3v) is 4.65. The van der Waals surface area contributed by atoms with Crippen LogP contribution in [0.15, 0.2) is 24.3 Å². The number of hydrogen-bond donors (Lipinski definition) is 1. The third-order valence-electron chi connectivity index (χ3n) is 4.65. The molecular weight excluding hydrogens is 276 g/mol. The van der Waals surface area contributed by atoms with Gasteiger partial charge in [-0.1, -0.05) is 38.3 Å². The third kappa shape index (κ3) is 5.13. The maximum Gasteiger partial charge on any atom is 0.335 e. The van der Waals surface area contributed by atoms with Gasteiger partial charge in [0.05, 0.1) is 11.7 Å². The van der Waals surface area contributed by atoms with Crippen molar-refractivity contribution in [2.24, 2.45) is 0 Å². The summed E-state index contributed by atoms with van der Waals surface area (Å²) in [4.78, 5) is 10.9. The van der Waals surface area contributed by atoms with Crippen molar-refractivity contribution in [2.45, 2.75) is 70.3 Å². The van der Waals surface area contributed by atoms with Gasteiger partial charge < -0.3 is 9.84 Å². The van der Waals surface area contributed by atoms with Crippen LogP contribution in [0, 0.1) is 0 Å². The highest BCUT2D eigenvalue weighted by molar-refractivity contribution is 5.87. The van der Waals surface area contributed by atoms with Crippen LogP contribution < -0.4 is 0 Å². The highest BCUT2D eigenvalue weighted by Gasteiger charge is 2.22. The van der Waals surface area contributed by atoms with Gasteiger partial charge in [0.1, 0.15) is 0 Å². The zero-order valence-corrected chi connectivity index (χ0v) is 13.6. The summed E-state index contributed by atoms with van der Waals surface area (Å²) in [5, 5.41) is 8.94. The normalized spacial score (nSPS) is 21.7. The fourth-order valence-corrected chi connectivity index (χ4v) is 3.24. The number of carboxylic acid groups (broad SMARTS) is 1. The highest BCUT2D eigenvalue weighted by Crippen LogP contribution is 2.34. The van der Waals surface area contributed by atoms with E-state index >= 15 is 0 Å². The van der Waals surface area contributed by atoms with E-state index in [2.05, 4.69) is 6.92 Å². The summed E-state index contributed by atoms with van der Waals surface area (Å²) in [7, 11) is 0. The van der Waals surface area contributed by atoms with Crippen LogP contribution in [0.4, 0.5) is 0 Å². The molecule has 0 atom stereocenters. The molecule has 0 aliphatic heterocycles. The van der Waals surface area contributed by atoms with Crippen LogP contribution >= 0.6 is 0 Å². The van der Waals surface area contributed by atoms with Crippen molar-refractivity contribution in [3.8, 4) is 0 Å². The van der Waals surface area contributed by atoms with Crippen molar-refractivity contribution >= 4 is 5.97 Å². The fourth-order valence-electron chi connectivity index (χ4n) is 3.24. The number of unbranched alkanes of at least 4 members (excludes halogenated alkanes) is 3. The Kier molecular flexibility index (Phi) is 6.91. The molecule has 0 aromatic heterocycles. The molecule has 1 aromatic carbocycles. The van der Waals surface area contributed by atoms with E-state index in [1.54, 1.807) is 12.1 Å². The van der Waals surface area contributed by atoms with Crippen LogP contribution in [-0.4, -0.2) is 23.8 Å². The Bertz CT molecular complexity index is 444. The average molecular weight is 304 g/mol. The summed E-state index contributed by atoms with van der Waals surface area (Å²) in [6, 6.07) is 7.38. The first kappa shape index (κ1) is 17.0. The minimum absolute atomic E-state index is 0.368. The first-order valence-electron chi connectivity index (χ1n) is 8.65. The smallest absolute Gasteiger partial charge is 0.335 e. The molecule has 1 fully saturated rings. The number of hydrogen-bond acceptors (Lipinski definition) is 2. The number of carbonyl (C=O) groups is 1. The van der Waals surface area contributed by atoms with E-state index in [4.69, 9.17) is 9.84 Å². The molecule has 0 spiro atoms. The maximum atomic E-state index is 10.9. The van der Waals surface area contributed by atoms with Gasteiger partial charge in [0, 0.05) is 6.61 Å². The molecule has 1 aliphatic rings. The summed E-state index contributed by atoms with van der Waals surface area (Å²) >= 11 is 0. The quantitative estimate of drug-likeness (QED) is 0.687. The summed E-state index contributed by atoms with van der Waals surface area (Å²) < 4.78 is 5.99. The zero-order chi connectivity index (χ0) is 15.8. The second kappa shape index (κ2) is 8.94. The number of ether oxygens (including phenoxy) is 1. The average Bonchev–Trinajstić information content (AvgIpc) is 2.55. The molecule has 1 N–H and O–H groups in total. The number of aromatic carboxylic acids is 1. The summed E-state index contributed by atoms with van der Waals surface area (Å²) in [6.07, 6.45) is 10.0. The molecule has 1 saturated carbocycles. The van der Waals surface area contributed by atoms with Gasteiger partial charge >= 0.3 is 5.97 Å². The molecule has 1 aliphatic carbocycles. The van der Waals surface area contributed by atoms with Gasteiger partial charge in [-0.3, -0.25) is 0 Å². The molecule has 0 unspecified atom stereocenters. The predicted octanol–water partition coefficient (Wildman–Crippen LogP) is 5.01. The summed E-state index contributed by atoms with van der Waals surface area (Å²) in [5.41, 5.74) is 1.64. The second-order valence-corrected chi connectivity index (χ2v) is 6.33. The minimum atomic E-state index is -0.855. The van der Waals surface area contributed by atoms with Crippen molar-refractivity contribution in [3.63, 3.8) is 0 Å². The Morgan fingerprint density at radius 2 is 1.77 bits per heavy atom. The molecule has 3 nitrogen and oxygen atoms in total. The van der Waals surface area contributed by atoms with Crippen LogP contribution in [0.25, 0.3) is 0 Å². The van der Waals surface area contributed by atoms with Crippen molar-refractivity contribution < 1.29 is 14.6 Å². The maximum absolute atomic E-state index is 10.9. The fraction of sp³-hybridized carbons (Fsp3) is 0.632. The van der Waals surface area contributed by atoms with Crippen molar-refractivity contribution in [2.75, 3.05) is 6.61 Å². The molecule has 0 saturated heterocycles. The molecule has 122 valence electrons. The lowest BCUT2D eigenvalue weighted by Crippen LogP contribution is -2.21. The van der Waals surface area contributed by atoms with E-state index in [9.17, 15) is 4.79 Å². The molecule has 0 heterocycles. The SMILES string of the molecule is CCCCCCOC1CCC(c2ccc(C(=O)O)cc2)CC1. The zero-order valence-electron chi connectivity index (χ0n) is 13.6. The van der Waals surface area contributed by atoms with Crippen LogP contribution in [0.5, 0.6) is 0 Å². The lowest BCUT2D eigenvalue weighted by Gasteiger charge is -2.29. The minimum Gasteiger partial charge on any atom is -0.478 e. The number of benzene rings is 1. The Morgan fingerprint density at radius 3 is 2.36 bits per heavy atom. The van der Waals surface area contributed by atoms with Gasteiger partial charge in [0.15, 0.2) is 0 Å². The van der Waals surface area contributed by atoms with Crippen molar-refractivity contribution in [1.29, 1.82) is 0 Å². The molecule has 0 bridgehead atoms. The Balaban J connectivity index is 1.71. The number of rotatable bonds is 8. The van der Waals surface area contributed by atoms with Gasteiger partial charge in [-0.15, -0.1) is 0 Å². The Morgan fingerprint density at radius 1 is 1.09 bits per heavy atom. The number of carboxylic acids is 1. The molecule has 1 aromatic rings. The van der Waals surface area contributed by atoms with E-state index in [0.717, 1.165) is 32.3 Å². The largest absolute Gasteiger partial charge is 0.478 e. The van der Waals surface area contributed by atoms with Gasteiger partial charge in [-0.05, 0) is 55.7 Å². The summed E-state index contributed by atoms with van der Waals surface area (Å²) in [5.74, 6) is -0.297. The summed E-state index contributed by atoms with van der Waals surface area (Å²) in [6.45, 7) is 3.13. The Labute approximate surface area is 133 Å². The van der Waals surface area contributed by atoms with E-state index in [-0.39, 0.29) is 0 Å². The molecule has 22 heavy (non-hydrogen) atoms. The van der Waals surface area contributed by atoms with Crippen LogP contribution in [0.2, 0.25) is 0 Å². The monoisotopic (exact) mass is 304 g/mol.